The summed E-state index contributed by atoms with van der Waals surface area (Å²) in [5, 5.41) is 0. The summed E-state index contributed by atoms with van der Waals surface area (Å²) in [4.78, 5) is 27.4. The molecule has 1 saturated heterocycles. The highest BCUT2D eigenvalue weighted by Crippen LogP contribution is 2.57. The van der Waals surface area contributed by atoms with E-state index in [1.165, 1.54) is 16.0 Å². The van der Waals surface area contributed by atoms with Crippen molar-refractivity contribution in [2.45, 2.75) is 20.8 Å². The van der Waals surface area contributed by atoms with Gasteiger partial charge in [-0.3, -0.25) is 9.59 Å². The molecule has 2 fully saturated rings. The number of halogens is 1. The van der Waals surface area contributed by atoms with Crippen LogP contribution in [0, 0.1) is 30.6 Å². The zero-order chi connectivity index (χ0) is 16.5. The summed E-state index contributed by atoms with van der Waals surface area (Å²) in [6.45, 7) is 6.14. The number of fused-ring (bicyclic) bond motifs is 5. The van der Waals surface area contributed by atoms with E-state index in [-0.39, 0.29) is 35.5 Å². The molecule has 2 amide bonds. The van der Waals surface area contributed by atoms with E-state index < -0.39 is 0 Å². The number of hydrogen-bond donors (Lipinski definition) is 0. The topological polar surface area (TPSA) is 37.4 Å². The molecule has 0 N–H and O–H groups in total. The number of carbonyl (C=O) groups excluding carboxylic acids is 2. The second kappa shape index (κ2) is 4.91. The quantitative estimate of drug-likeness (QED) is 0.552. The third kappa shape index (κ3) is 1.87. The average molecular weight is 372 g/mol. The van der Waals surface area contributed by atoms with Crippen molar-refractivity contribution in [3.63, 3.8) is 0 Å². The first-order valence-corrected chi connectivity index (χ1v) is 8.70. The number of nitrogens with zero attached hydrogens (tertiary/aromatic N) is 1. The van der Waals surface area contributed by atoms with Crippen LogP contribution in [0.2, 0.25) is 0 Å². The van der Waals surface area contributed by atoms with Gasteiger partial charge in [0.15, 0.2) is 0 Å². The molecule has 2 bridgehead atoms. The Kier molecular flexibility index (Phi) is 3.17. The fraction of sp³-hybridized carbons (Fsp3) is 0.368. The summed E-state index contributed by atoms with van der Waals surface area (Å²) in [6, 6.07) is 5.65. The van der Waals surface area contributed by atoms with Crippen LogP contribution in [0.5, 0.6) is 0 Å². The van der Waals surface area contributed by atoms with Crippen LogP contribution in [0.25, 0.3) is 0 Å². The molecule has 0 unspecified atom stereocenters. The van der Waals surface area contributed by atoms with Crippen molar-refractivity contribution >= 4 is 33.4 Å². The van der Waals surface area contributed by atoms with Crippen LogP contribution in [0.3, 0.4) is 0 Å². The Labute approximate surface area is 144 Å². The Morgan fingerprint density at radius 3 is 2.09 bits per heavy atom. The highest BCUT2D eigenvalue weighted by molar-refractivity contribution is 9.10. The van der Waals surface area contributed by atoms with E-state index in [9.17, 15) is 9.59 Å². The van der Waals surface area contributed by atoms with Gasteiger partial charge in [-0.15, -0.1) is 0 Å². The van der Waals surface area contributed by atoms with Crippen molar-refractivity contribution in [2.24, 2.45) is 23.7 Å². The van der Waals surface area contributed by atoms with Gasteiger partial charge in [-0.2, -0.15) is 0 Å². The number of amides is 2. The molecule has 2 aliphatic carbocycles. The molecular formula is C19H18BrNO2. The Balaban J connectivity index is 1.77. The van der Waals surface area contributed by atoms with E-state index in [1.54, 1.807) is 0 Å². The van der Waals surface area contributed by atoms with Gasteiger partial charge in [0.05, 0.1) is 17.5 Å². The van der Waals surface area contributed by atoms with Gasteiger partial charge in [-0.05, 0) is 38.5 Å². The Hall–Kier alpha value is -1.68. The minimum absolute atomic E-state index is 0.0497. The number of hydrogen-bond acceptors (Lipinski definition) is 2. The van der Waals surface area contributed by atoms with E-state index in [0.717, 1.165) is 10.0 Å². The molecule has 4 rings (SSSR count). The van der Waals surface area contributed by atoms with E-state index >= 15 is 0 Å². The van der Waals surface area contributed by atoms with Crippen LogP contribution >= 0.6 is 15.9 Å². The Morgan fingerprint density at radius 1 is 1.04 bits per heavy atom. The highest BCUT2D eigenvalue weighted by atomic mass is 79.9. The van der Waals surface area contributed by atoms with Crippen LogP contribution in [0.1, 0.15) is 19.4 Å². The normalized spacial score (nSPS) is 31.3. The molecule has 1 aromatic carbocycles. The maximum absolute atomic E-state index is 13.0. The lowest BCUT2D eigenvalue weighted by Crippen LogP contribution is -2.33. The summed E-state index contributed by atoms with van der Waals surface area (Å²) in [5.41, 5.74) is 4.28. The minimum atomic E-state index is -0.220. The van der Waals surface area contributed by atoms with E-state index in [2.05, 4.69) is 41.9 Å². The van der Waals surface area contributed by atoms with Crippen molar-refractivity contribution in [2.75, 3.05) is 4.90 Å². The lowest BCUT2D eigenvalue weighted by atomic mass is 9.85. The molecule has 118 valence electrons. The maximum Gasteiger partial charge on any atom is 0.238 e. The van der Waals surface area contributed by atoms with Gasteiger partial charge < -0.3 is 0 Å². The van der Waals surface area contributed by atoms with Crippen molar-refractivity contribution in [1.29, 1.82) is 0 Å². The van der Waals surface area contributed by atoms with Crippen LogP contribution in [0.4, 0.5) is 5.69 Å². The van der Waals surface area contributed by atoms with Crippen molar-refractivity contribution in [3.05, 3.63) is 51.5 Å². The predicted molar refractivity (Wildman–Crippen MR) is 92.8 cm³/mol. The Bertz CT molecular complexity index is 770. The molecule has 1 aromatic rings. The van der Waals surface area contributed by atoms with Crippen molar-refractivity contribution in [1.82, 2.24) is 0 Å². The third-order valence-electron chi connectivity index (χ3n) is 5.41. The SMILES string of the molecule is CC(C)=C1[C@H]2C=C[C@H]1[C@@H]1C(=O)N(c3ccc(C)c(Br)c3)C(=O)[C@H]12. The molecule has 3 nitrogen and oxygen atoms in total. The third-order valence-corrected chi connectivity index (χ3v) is 6.26. The second-order valence-electron chi connectivity index (χ2n) is 6.89. The summed E-state index contributed by atoms with van der Waals surface area (Å²) in [7, 11) is 0. The van der Waals surface area contributed by atoms with Crippen LogP contribution in [-0.2, 0) is 9.59 Å². The lowest BCUT2D eigenvalue weighted by Gasteiger charge is -2.19. The smallest absolute Gasteiger partial charge is 0.238 e. The number of rotatable bonds is 1. The Morgan fingerprint density at radius 2 is 1.61 bits per heavy atom. The second-order valence-corrected chi connectivity index (χ2v) is 7.74. The summed E-state index contributed by atoms with van der Waals surface area (Å²) in [6.07, 6.45) is 4.24. The molecular weight excluding hydrogens is 354 g/mol. The van der Waals surface area contributed by atoms with Gasteiger partial charge in [0.2, 0.25) is 11.8 Å². The first kappa shape index (κ1) is 14.9. The fourth-order valence-corrected chi connectivity index (χ4v) is 4.77. The summed E-state index contributed by atoms with van der Waals surface area (Å²) < 4.78 is 0.916. The number of anilines is 1. The first-order valence-electron chi connectivity index (χ1n) is 7.91. The van der Waals surface area contributed by atoms with Gasteiger partial charge >= 0.3 is 0 Å². The largest absolute Gasteiger partial charge is 0.274 e. The first-order chi connectivity index (χ1) is 10.9. The van der Waals surface area contributed by atoms with Crippen molar-refractivity contribution < 1.29 is 9.59 Å². The highest BCUT2D eigenvalue weighted by Gasteiger charge is 2.61. The lowest BCUT2D eigenvalue weighted by molar-refractivity contribution is -0.122. The van der Waals surface area contributed by atoms with Gasteiger partial charge in [0, 0.05) is 16.3 Å². The zero-order valence-corrected chi connectivity index (χ0v) is 14.9. The van der Waals surface area contributed by atoms with E-state index in [1.807, 2.05) is 25.1 Å². The fourth-order valence-electron chi connectivity index (χ4n) is 4.41. The molecule has 0 aromatic heterocycles. The number of benzene rings is 1. The molecule has 4 heteroatoms. The van der Waals surface area contributed by atoms with Gasteiger partial charge in [-0.1, -0.05) is 45.3 Å². The monoisotopic (exact) mass is 371 g/mol. The summed E-state index contributed by atoms with van der Waals surface area (Å²) in [5.74, 6) is -0.335. The number of aryl methyl sites for hydroxylation is 1. The van der Waals surface area contributed by atoms with Gasteiger partial charge in [0.1, 0.15) is 0 Å². The molecule has 0 spiro atoms. The average Bonchev–Trinajstić information content (AvgIpc) is 3.13. The van der Waals surface area contributed by atoms with Crippen LogP contribution in [-0.4, -0.2) is 11.8 Å². The summed E-state index contributed by atoms with van der Waals surface area (Å²) >= 11 is 3.49. The maximum atomic E-state index is 13.0. The standard InChI is InChI=1S/C19H18BrNO2/c1-9(2)15-12-6-7-13(15)17-16(12)18(22)21(19(17)23)11-5-4-10(3)14(20)8-11/h4-8,12-13,16-17H,1-3H3/t12-,13-,16+,17+/m1/s1. The van der Waals surface area contributed by atoms with Gasteiger partial charge in [0.25, 0.3) is 0 Å². The molecule has 3 aliphatic rings. The number of imide groups is 1. The van der Waals surface area contributed by atoms with E-state index in [4.69, 9.17) is 0 Å². The molecule has 1 aliphatic heterocycles. The van der Waals surface area contributed by atoms with Gasteiger partial charge in [-0.25, -0.2) is 4.90 Å². The van der Waals surface area contributed by atoms with E-state index in [0.29, 0.717) is 5.69 Å². The van der Waals surface area contributed by atoms with Crippen LogP contribution < -0.4 is 4.90 Å². The molecule has 1 saturated carbocycles. The zero-order valence-electron chi connectivity index (χ0n) is 13.3. The number of allylic oxidation sites excluding steroid dienone is 4. The molecule has 0 radical (unpaired) electrons. The van der Waals surface area contributed by atoms with Crippen LogP contribution in [0.15, 0.2) is 46.0 Å². The molecule has 1 heterocycles. The molecule has 4 atom stereocenters. The predicted octanol–water partition coefficient (Wildman–Crippen LogP) is 4.02. The van der Waals surface area contributed by atoms with Crippen molar-refractivity contribution in [3.8, 4) is 0 Å². The minimum Gasteiger partial charge on any atom is -0.274 e. The number of carbonyl (C=O) groups is 2. The molecule has 23 heavy (non-hydrogen) atoms.